The molecule has 0 N–H and O–H groups in total. The molecule has 1 nitrogen and oxygen atoms in total. The van der Waals surface area contributed by atoms with Crippen LogP contribution in [0.1, 0.15) is 52.7 Å². The van der Waals surface area contributed by atoms with Gasteiger partial charge in [-0.3, -0.25) is 4.99 Å². The van der Waals surface area contributed by atoms with E-state index in [4.69, 9.17) is 0 Å². The number of rotatable bonds is 2. The number of hydrogen-bond acceptors (Lipinski definition) is 1. The van der Waals surface area contributed by atoms with E-state index < -0.39 is 0 Å². The van der Waals surface area contributed by atoms with Gasteiger partial charge in [0.2, 0.25) is 0 Å². The van der Waals surface area contributed by atoms with E-state index >= 15 is 0 Å². The molecule has 1 aromatic carbocycles. The zero-order valence-electron chi connectivity index (χ0n) is 13.5. The summed E-state index contributed by atoms with van der Waals surface area (Å²) in [4.78, 5) is 4.66. The van der Waals surface area contributed by atoms with Crippen molar-refractivity contribution in [2.45, 2.75) is 47.1 Å². The predicted molar refractivity (Wildman–Crippen MR) is 89.3 cm³/mol. The van der Waals surface area contributed by atoms with Crippen molar-refractivity contribution >= 4 is 11.8 Å². The maximum atomic E-state index is 4.66. The molecule has 106 valence electrons. The van der Waals surface area contributed by atoms with Crippen molar-refractivity contribution in [1.82, 2.24) is 0 Å². The highest BCUT2D eigenvalue weighted by molar-refractivity contribution is 5.91. The van der Waals surface area contributed by atoms with E-state index in [9.17, 15) is 0 Å². The van der Waals surface area contributed by atoms with Gasteiger partial charge in [0.15, 0.2) is 0 Å². The Balaban J connectivity index is 2.48. The van der Waals surface area contributed by atoms with E-state index in [0.717, 1.165) is 0 Å². The molecule has 0 spiro atoms. The topological polar surface area (TPSA) is 12.4 Å². The summed E-state index contributed by atoms with van der Waals surface area (Å²) in [5.74, 6) is 0.485. The van der Waals surface area contributed by atoms with Gasteiger partial charge in [-0.2, -0.15) is 0 Å². The third-order valence-electron chi connectivity index (χ3n) is 3.79. The summed E-state index contributed by atoms with van der Waals surface area (Å²) in [6.45, 7) is 13.1. The molecule has 1 atom stereocenters. The smallest absolute Gasteiger partial charge is 0.0524 e. The summed E-state index contributed by atoms with van der Waals surface area (Å²) < 4.78 is 0. The first-order valence-electron chi connectivity index (χ1n) is 7.34. The molecule has 0 fully saturated rings. The van der Waals surface area contributed by atoms with Crippen molar-refractivity contribution in [2.75, 3.05) is 0 Å². The Hall–Kier alpha value is -1.63. The van der Waals surface area contributed by atoms with Gasteiger partial charge in [0.05, 0.1) is 5.54 Å². The molecular formula is C19H25N. The highest BCUT2D eigenvalue weighted by Gasteiger charge is 2.21. The Morgan fingerprint density at radius 1 is 1.10 bits per heavy atom. The number of allylic oxidation sites excluding steroid dienone is 4. The zero-order valence-corrected chi connectivity index (χ0v) is 13.5. The Morgan fingerprint density at radius 2 is 1.75 bits per heavy atom. The molecule has 1 aliphatic carbocycles. The van der Waals surface area contributed by atoms with Crippen LogP contribution in [0.3, 0.4) is 0 Å². The average Bonchev–Trinajstić information content (AvgIpc) is 2.60. The minimum atomic E-state index is -0.0357. The molecule has 1 aliphatic rings. The standard InChI is InChI=1S/C19H25N/c1-13-11-14(2)18(15(13)3)17-10-8-7-9-16(17)12-20-19(4,5)6/h7-12,14H,1-6H3. The highest BCUT2D eigenvalue weighted by atomic mass is 14.8. The molecule has 0 aliphatic heterocycles. The minimum absolute atomic E-state index is 0.0357. The Labute approximate surface area is 123 Å². The van der Waals surface area contributed by atoms with Crippen molar-refractivity contribution in [3.05, 3.63) is 52.6 Å². The van der Waals surface area contributed by atoms with E-state index in [1.54, 1.807) is 0 Å². The van der Waals surface area contributed by atoms with Gasteiger partial charge in [0.25, 0.3) is 0 Å². The number of hydrogen-bond donors (Lipinski definition) is 0. The SMILES string of the molecule is CC1=CC(C)C(c2ccccc2C=NC(C)(C)C)=C1C. The first-order chi connectivity index (χ1) is 9.29. The normalized spacial score (nSPS) is 19.9. The Bertz CT molecular complexity index is 594. The first-order valence-corrected chi connectivity index (χ1v) is 7.34. The molecule has 20 heavy (non-hydrogen) atoms. The summed E-state index contributed by atoms with van der Waals surface area (Å²) in [7, 11) is 0. The van der Waals surface area contributed by atoms with Crippen LogP contribution < -0.4 is 0 Å². The lowest BCUT2D eigenvalue weighted by Gasteiger charge is -2.15. The quantitative estimate of drug-likeness (QED) is 0.647. The van der Waals surface area contributed by atoms with E-state index in [1.807, 2.05) is 6.21 Å². The second-order valence-electron chi connectivity index (χ2n) is 6.69. The molecule has 0 amide bonds. The van der Waals surface area contributed by atoms with Crippen molar-refractivity contribution in [2.24, 2.45) is 10.9 Å². The van der Waals surface area contributed by atoms with Crippen LogP contribution in [-0.2, 0) is 0 Å². The van der Waals surface area contributed by atoms with Crippen LogP contribution in [0.15, 0.2) is 46.5 Å². The Morgan fingerprint density at radius 3 is 2.30 bits per heavy atom. The molecule has 1 unspecified atom stereocenters. The molecule has 0 saturated heterocycles. The fourth-order valence-electron chi connectivity index (χ4n) is 2.70. The fourth-order valence-corrected chi connectivity index (χ4v) is 2.70. The van der Waals surface area contributed by atoms with Crippen LogP contribution in [0.25, 0.3) is 5.57 Å². The molecule has 0 heterocycles. The van der Waals surface area contributed by atoms with E-state index in [0.29, 0.717) is 5.92 Å². The molecule has 1 aromatic rings. The van der Waals surface area contributed by atoms with Gasteiger partial charge in [-0.1, -0.05) is 42.8 Å². The summed E-state index contributed by atoms with van der Waals surface area (Å²) in [6, 6.07) is 8.57. The zero-order chi connectivity index (χ0) is 14.9. The van der Waals surface area contributed by atoms with Crippen molar-refractivity contribution in [3.63, 3.8) is 0 Å². The van der Waals surface area contributed by atoms with Gasteiger partial charge in [-0.15, -0.1) is 0 Å². The van der Waals surface area contributed by atoms with Gasteiger partial charge < -0.3 is 0 Å². The average molecular weight is 267 g/mol. The predicted octanol–water partition coefficient (Wildman–Crippen LogP) is 5.27. The maximum Gasteiger partial charge on any atom is 0.0524 e. The van der Waals surface area contributed by atoms with Crippen LogP contribution in [0.2, 0.25) is 0 Å². The minimum Gasteiger partial charge on any atom is -0.287 e. The molecule has 0 radical (unpaired) electrons. The molecule has 2 rings (SSSR count). The van der Waals surface area contributed by atoms with Gasteiger partial charge >= 0.3 is 0 Å². The summed E-state index contributed by atoms with van der Waals surface area (Å²) in [5, 5.41) is 0. The van der Waals surface area contributed by atoms with Crippen LogP contribution in [0, 0.1) is 5.92 Å². The van der Waals surface area contributed by atoms with Gasteiger partial charge in [0.1, 0.15) is 0 Å². The largest absolute Gasteiger partial charge is 0.287 e. The van der Waals surface area contributed by atoms with E-state index in [-0.39, 0.29) is 5.54 Å². The maximum absolute atomic E-state index is 4.66. The third-order valence-corrected chi connectivity index (χ3v) is 3.79. The summed E-state index contributed by atoms with van der Waals surface area (Å²) >= 11 is 0. The monoisotopic (exact) mass is 267 g/mol. The van der Waals surface area contributed by atoms with Crippen LogP contribution >= 0.6 is 0 Å². The van der Waals surface area contributed by atoms with E-state index in [2.05, 4.69) is 76.9 Å². The van der Waals surface area contributed by atoms with Gasteiger partial charge in [0, 0.05) is 12.1 Å². The molecule has 1 heteroatoms. The lowest BCUT2D eigenvalue weighted by molar-refractivity contribution is 0.586. The second-order valence-corrected chi connectivity index (χ2v) is 6.69. The van der Waals surface area contributed by atoms with Crippen LogP contribution in [0.5, 0.6) is 0 Å². The van der Waals surface area contributed by atoms with Gasteiger partial charge in [-0.05, 0) is 56.9 Å². The molecule has 0 aromatic heterocycles. The lowest BCUT2D eigenvalue weighted by atomic mass is 9.91. The molecular weight excluding hydrogens is 242 g/mol. The van der Waals surface area contributed by atoms with Crippen molar-refractivity contribution in [1.29, 1.82) is 0 Å². The highest BCUT2D eigenvalue weighted by Crippen LogP contribution is 2.38. The van der Waals surface area contributed by atoms with Crippen molar-refractivity contribution in [3.8, 4) is 0 Å². The molecule has 0 bridgehead atoms. The second kappa shape index (κ2) is 5.40. The van der Waals surface area contributed by atoms with E-state index in [1.165, 1.54) is 27.8 Å². The lowest BCUT2D eigenvalue weighted by Crippen LogP contribution is -2.10. The van der Waals surface area contributed by atoms with Crippen molar-refractivity contribution < 1.29 is 0 Å². The first kappa shape index (κ1) is 14.8. The third kappa shape index (κ3) is 3.09. The summed E-state index contributed by atoms with van der Waals surface area (Å²) in [5.41, 5.74) is 6.75. The molecule has 0 saturated carbocycles. The van der Waals surface area contributed by atoms with Crippen LogP contribution in [0.4, 0.5) is 0 Å². The summed E-state index contributed by atoms with van der Waals surface area (Å²) in [6.07, 6.45) is 4.37. The van der Waals surface area contributed by atoms with Crippen LogP contribution in [-0.4, -0.2) is 11.8 Å². The number of nitrogens with zero attached hydrogens (tertiary/aromatic N) is 1. The van der Waals surface area contributed by atoms with Gasteiger partial charge in [-0.25, -0.2) is 0 Å². The number of aliphatic imine (C=N–C) groups is 1. The fraction of sp³-hybridized carbons (Fsp3) is 0.421. The Kier molecular flexibility index (Phi) is 3.99. The number of benzene rings is 1.